The number of hydrogen-bond acceptors (Lipinski definition) is 4. The second kappa shape index (κ2) is 8.34. The molecule has 0 aliphatic rings. The van der Waals surface area contributed by atoms with E-state index in [9.17, 15) is 9.59 Å². The van der Waals surface area contributed by atoms with Gasteiger partial charge in [-0.15, -0.1) is 0 Å². The van der Waals surface area contributed by atoms with Gasteiger partial charge in [-0.05, 0) is 27.2 Å². The zero-order valence-corrected chi connectivity index (χ0v) is 13.2. The van der Waals surface area contributed by atoms with Crippen LogP contribution in [0.15, 0.2) is 18.6 Å². The first-order valence-corrected chi connectivity index (χ1v) is 7.32. The molecule has 116 valence electrons. The molecule has 0 spiro atoms. The maximum atomic E-state index is 12.5. The van der Waals surface area contributed by atoms with E-state index < -0.39 is 0 Å². The van der Waals surface area contributed by atoms with E-state index in [0.29, 0.717) is 12.2 Å². The highest BCUT2D eigenvalue weighted by Gasteiger charge is 2.22. The minimum absolute atomic E-state index is 0.0476. The van der Waals surface area contributed by atoms with Gasteiger partial charge in [-0.1, -0.05) is 6.92 Å². The molecule has 2 amide bonds. The van der Waals surface area contributed by atoms with Crippen molar-refractivity contribution >= 4 is 11.8 Å². The van der Waals surface area contributed by atoms with E-state index in [4.69, 9.17) is 0 Å². The number of carbonyl (C=O) groups excluding carboxylic acids is 2. The highest BCUT2D eigenvalue weighted by Crippen LogP contribution is 2.09. The Bertz CT molecular complexity index is 462. The Kier molecular flexibility index (Phi) is 6.78. The molecule has 0 aromatic carbocycles. The number of rotatable bonds is 7. The zero-order valence-electron chi connectivity index (χ0n) is 13.2. The van der Waals surface area contributed by atoms with E-state index in [1.165, 1.54) is 18.6 Å². The Morgan fingerprint density at radius 1 is 1.29 bits per heavy atom. The summed E-state index contributed by atoms with van der Waals surface area (Å²) in [6.07, 6.45) is 5.58. The van der Waals surface area contributed by atoms with Crippen LogP contribution in [0.3, 0.4) is 0 Å². The summed E-state index contributed by atoms with van der Waals surface area (Å²) in [4.78, 5) is 33.9. The largest absolute Gasteiger partial charge is 0.354 e. The Balaban J connectivity index is 2.73. The summed E-state index contributed by atoms with van der Waals surface area (Å²) in [7, 11) is 0. The summed E-state index contributed by atoms with van der Waals surface area (Å²) in [5.74, 6) is -0.236. The molecule has 1 heterocycles. The van der Waals surface area contributed by atoms with Crippen molar-refractivity contribution in [1.82, 2.24) is 20.2 Å². The normalized spacial score (nSPS) is 12.0. The summed E-state index contributed by atoms with van der Waals surface area (Å²) in [5.41, 5.74) is 0.307. The third kappa shape index (κ3) is 5.49. The van der Waals surface area contributed by atoms with Crippen LogP contribution < -0.4 is 5.32 Å². The molecule has 1 aromatic heterocycles. The summed E-state index contributed by atoms with van der Waals surface area (Å²) >= 11 is 0. The van der Waals surface area contributed by atoms with Gasteiger partial charge in [0.25, 0.3) is 5.91 Å². The fraction of sp³-hybridized carbons (Fsp3) is 0.600. The van der Waals surface area contributed by atoms with Crippen LogP contribution in [0.4, 0.5) is 0 Å². The first kappa shape index (κ1) is 17.1. The highest BCUT2D eigenvalue weighted by atomic mass is 16.2. The maximum absolute atomic E-state index is 12.5. The van der Waals surface area contributed by atoms with Crippen LogP contribution in [0.5, 0.6) is 0 Å². The van der Waals surface area contributed by atoms with Crippen molar-refractivity contribution in [2.24, 2.45) is 0 Å². The molecule has 0 saturated carbocycles. The molecule has 0 radical (unpaired) electrons. The van der Waals surface area contributed by atoms with E-state index >= 15 is 0 Å². The standard InChI is InChI=1S/C15H24N4O2/c1-5-12(4)19(9-6-14(20)18-11(2)3)15(21)13-10-16-7-8-17-13/h7-8,10-12H,5-6,9H2,1-4H3,(H,18,20)/t12-/m1/s1. The van der Waals surface area contributed by atoms with Gasteiger partial charge in [-0.2, -0.15) is 0 Å². The van der Waals surface area contributed by atoms with Gasteiger partial charge in [0.15, 0.2) is 0 Å². The molecule has 1 aromatic rings. The molecule has 1 rings (SSSR count). The Hall–Kier alpha value is -1.98. The number of amides is 2. The molecule has 0 fully saturated rings. The van der Waals surface area contributed by atoms with Gasteiger partial charge in [0.05, 0.1) is 6.20 Å². The minimum Gasteiger partial charge on any atom is -0.354 e. The topological polar surface area (TPSA) is 75.2 Å². The van der Waals surface area contributed by atoms with E-state index in [1.807, 2.05) is 27.7 Å². The van der Waals surface area contributed by atoms with Gasteiger partial charge in [0, 0.05) is 37.4 Å². The van der Waals surface area contributed by atoms with Crippen molar-refractivity contribution in [1.29, 1.82) is 0 Å². The minimum atomic E-state index is -0.185. The molecule has 6 nitrogen and oxygen atoms in total. The average Bonchev–Trinajstić information content (AvgIpc) is 2.47. The first-order valence-electron chi connectivity index (χ1n) is 7.32. The fourth-order valence-electron chi connectivity index (χ4n) is 1.92. The molecule has 0 unspecified atom stereocenters. The molecular formula is C15H24N4O2. The van der Waals surface area contributed by atoms with Crippen LogP contribution in [-0.2, 0) is 4.79 Å². The van der Waals surface area contributed by atoms with Gasteiger partial charge in [0.2, 0.25) is 5.91 Å². The molecular weight excluding hydrogens is 268 g/mol. The molecule has 21 heavy (non-hydrogen) atoms. The number of aromatic nitrogens is 2. The molecule has 0 bridgehead atoms. The van der Waals surface area contributed by atoms with Crippen molar-refractivity contribution in [3.8, 4) is 0 Å². The fourth-order valence-corrected chi connectivity index (χ4v) is 1.92. The summed E-state index contributed by atoms with van der Waals surface area (Å²) in [5, 5.41) is 2.83. The molecule has 1 N–H and O–H groups in total. The number of hydrogen-bond donors (Lipinski definition) is 1. The van der Waals surface area contributed by atoms with Crippen molar-refractivity contribution in [3.05, 3.63) is 24.3 Å². The van der Waals surface area contributed by atoms with Crippen LogP contribution in [0.1, 0.15) is 51.0 Å². The second-order valence-corrected chi connectivity index (χ2v) is 5.32. The predicted molar refractivity (Wildman–Crippen MR) is 80.7 cm³/mol. The van der Waals surface area contributed by atoms with Crippen LogP contribution in [0, 0.1) is 0 Å². The molecule has 0 aliphatic carbocycles. The van der Waals surface area contributed by atoms with Crippen LogP contribution >= 0.6 is 0 Å². The number of nitrogens with zero attached hydrogens (tertiary/aromatic N) is 3. The van der Waals surface area contributed by atoms with E-state index in [1.54, 1.807) is 4.90 Å². The Labute approximate surface area is 126 Å². The van der Waals surface area contributed by atoms with Gasteiger partial charge >= 0.3 is 0 Å². The Morgan fingerprint density at radius 3 is 2.52 bits per heavy atom. The van der Waals surface area contributed by atoms with E-state index in [2.05, 4.69) is 15.3 Å². The highest BCUT2D eigenvalue weighted by molar-refractivity contribution is 5.92. The first-order chi connectivity index (χ1) is 9.95. The quantitative estimate of drug-likeness (QED) is 0.829. The zero-order chi connectivity index (χ0) is 15.8. The molecule has 0 saturated heterocycles. The lowest BCUT2D eigenvalue weighted by molar-refractivity contribution is -0.121. The third-order valence-electron chi connectivity index (χ3n) is 3.20. The number of nitrogens with one attached hydrogen (secondary N) is 1. The predicted octanol–water partition coefficient (Wildman–Crippen LogP) is 1.63. The van der Waals surface area contributed by atoms with Crippen molar-refractivity contribution in [2.45, 2.75) is 52.6 Å². The molecule has 1 atom stereocenters. The van der Waals surface area contributed by atoms with E-state index in [-0.39, 0.29) is 30.3 Å². The second-order valence-electron chi connectivity index (χ2n) is 5.32. The molecule has 0 aliphatic heterocycles. The van der Waals surface area contributed by atoms with Gasteiger partial charge < -0.3 is 10.2 Å². The number of carbonyl (C=O) groups is 2. The Morgan fingerprint density at radius 2 is 2.00 bits per heavy atom. The van der Waals surface area contributed by atoms with Gasteiger partial charge in [-0.3, -0.25) is 14.6 Å². The monoisotopic (exact) mass is 292 g/mol. The van der Waals surface area contributed by atoms with E-state index in [0.717, 1.165) is 6.42 Å². The van der Waals surface area contributed by atoms with Crippen molar-refractivity contribution in [3.63, 3.8) is 0 Å². The van der Waals surface area contributed by atoms with Gasteiger partial charge in [0.1, 0.15) is 5.69 Å². The summed E-state index contributed by atoms with van der Waals surface area (Å²) in [6.45, 7) is 8.18. The maximum Gasteiger partial charge on any atom is 0.274 e. The smallest absolute Gasteiger partial charge is 0.274 e. The third-order valence-corrected chi connectivity index (χ3v) is 3.20. The van der Waals surface area contributed by atoms with Crippen LogP contribution in [-0.4, -0.2) is 45.3 Å². The van der Waals surface area contributed by atoms with Crippen LogP contribution in [0.2, 0.25) is 0 Å². The summed E-state index contributed by atoms with van der Waals surface area (Å²) in [6, 6.07) is 0.150. The lowest BCUT2D eigenvalue weighted by Crippen LogP contribution is -2.42. The SMILES string of the molecule is CC[C@@H](C)N(CCC(=O)NC(C)C)C(=O)c1cnccn1. The summed E-state index contributed by atoms with van der Waals surface area (Å²) < 4.78 is 0. The van der Waals surface area contributed by atoms with Gasteiger partial charge in [-0.25, -0.2) is 4.98 Å². The average molecular weight is 292 g/mol. The molecule has 6 heteroatoms. The van der Waals surface area contributed by atoms with Crippen molar-refractivity contribution < 1.29 is 9.59 Å². The lowest BCUT2D eigenvalue weighted by Gasteiger charge is -2.28. The van der Waals surface area contributed by atoms with Crippen molar-refractivity contribution in [2.75, 3.05) is 6.54 Å². The van der Waals surface area contributed by atoms with Crippen LogP contribution in [0.25, 0.3) is 0 Å². The lowest BCUT2D eigenvalue weighted by atomic mass is 10.2.